The second kappa shape index (κ2) is 5.83. The fraction of sp³-hybridized carbons (Fsp3) is 0.625. The molecule has 0 amide bonds. The molecular formula is C16H26N2O. The van der Waals surface area contributed by atoms with E-state index in [0.29, 0.717) is 12.1 Å². The molecule has 0 bridgehead atoms. The number of nitrogens with zero attached hydrogens (tertiary/aromatic N) is 1. The number of rotatable bonds is 3. The standard InChI is InChI=1S/C16H26N2O/c1-11-9-13(10-12(2)16(11)19-4)18(3)15-8-6-5-7-14(15)17/h9-10,14-15H,5-8,17H2,1-4H3. The largest absolute Gasteiger partial charge is 0.496 e. The molecule has 1 aromatic carbocycles. The summed E-state index contributed by atoms with van der Waals surface area (Å²) in [5, 5.41) is 0. The summed E-state index contributed by atoms with van der Waals surface area (Å²) in [6, 6.07) is 5.16. The normalized spacial score (nSPS) is 23.2. The molecule has 2 N–H and O–H groups in total. The van der Waals surface area contributed by atoms with E-state index in [9.17, 15) is 0 Å². The number of aryl methyl sites for hydroxylation is 2. The number of nitrogens with two attached hydrogens (primary N) is 1. The molecule has 0 aromatic heterocycles. The fourth-order valence-electron chi connectivity index (χ4n) is 3.27. The third-order valence-corrected chi connectivity index (χ3v) is 4.34. The molecular weight excluding hydrogens is 236 g/mol. The number of anilines is 1. The van der Waals surface area contributed by atoms with Crippen LogP contribution < -0.4 is 15.4 Å². The monoisotopic (exact) mass is 262 g/mol. The zero-order valence-corrected chi connectivity index (χ0v) is 12.6. The van der Waals surface area contributed by atoms with Crippen LogP contribution in [0.4, 0.5) is 5.69 Å². The van der Waals surface area contributed by atoms with Crippen LogP contribution in [0.3, 0.4) is 0 Å². The minimum Gasteiger partial charge on any atom is -0.496 e. The lowest BCUT2D eigenvalue weighted by atomic mass is 9.89. The van der Waals surface area contributed by atoms with Crippen molar-refractivity contribution >= 4 is 5.69 Å². The summed E-state index contributed by atoms with van der Waals surface area (Å²) >= 11 is 0. The van der Waals surface area contributed by atoms with Crippen LogP contribution in [0.2, 0.25) is 0 Å². The SMILES string of the molecule is COc1c(C)cc(N(C)C2CCCCC2N)cc1C. The maximum Gasteiger partial charge on any atom is 0.124 e. The number of hydrogen-bond acceptors (Lipinski definition) is 3. The van der Waals surface area contributed by atoms with Gasteiger partial charge in [-0.1, -0.05) is 12.8 Å². The van der Waals surface area contributed by atoms with E-state index in [1.54, 1.807) is 7.11 Å². The molecule has 0 saturated heterocycles. The summed E-state index contributed by atoms with van der Waals surface area (Å²) < 4.78 is 5.43. The molecule has 1 aromatic rings. The minimum absolute atomic E-state index is 0.293. The lowest BCUT2D eigenvalue weighted by Crippen LogP contribution is -2.48. The maximum atomic E-state index is 6.28. The van der Waals surface area contributed by atoms with Gasteiger partial charge in [-0.3, -0.25) is 0 Å². The van der Waals surface area contributed by atoms with Gasteiger partial charge in [0.15, 0.2) is 0 Å². The molecule has 2 unspecified atom stereocenters. The van der Waals surface area contributed by atoms with E-state index in [-0.39, 0.29) is 0 Å². The molecule has 0 radical (unpaired) electrons. The van der Waals surface area contributed by atoms with Crippen molar-refractivity contribution in [1.82, 2.24) is 0 Å². The summed E-state index contributed by atoms with van der Waals surface area (Å²) in [6.45, 7) is 4.20. The van der Waals surface area contributed by atoms with Gasteiger partial charge in [-0.25, -0.2) is 0 Å². The molecule has 2 atom stereocenters. The smallest absolute Gasteiger partial charge is 0.124 e. The van der Waals surface area contributed by atoms with Crippen LogP contribution in [0.5, 0.6) is 5.75 Å². The highest BCUT2D eigenvalue weighted by atomic mass is 16.5. The minimum atomic E-state index is 0.293. The van der Waals surface area contributed by atoms with Crippen LogP contribution in [0, 0.1) is 13.8 Å². The van der Waals surface area contributed by atoms with Gasteiger partial charge in [-0.2, -0.15) is 0 Å². The van der Waals surface area contributed by atoms with Crippen LogP contribution in [-0.2, 0) is 0 Å². The van der Waals surface area contributed by atoms with Gasteiger partial charge < -0.3 is 15.4 Å². The van der Waals surface area contributed by atoms with Crippen molar-refractivity contribution in [1.29, 1.82) is 0 Å². The van der Waals surface area contributed by atoms with Crippen LogP contribution in [0.15, 0.2) is 12.1 Å². The Bertz CT molecular complexity index is 421. The summed E-state index contributed by atoms with van der Waals surface area (Å²) in [4.78, 5) is 2.35. The number of ether oxygens (including phenoxy) is 1. The fourth-order valence-corrected chi connectivity index (χ4v) is 3.27. The second-order valence-corrected chi connectivity index (χ2v) is 5.74. The van der Waals surface area contributed by atoms with Crippen molar-refractivity contribution in [2.24, 2.45) is 5.73 Å². The van der Waals surface area contributed by atoms with Crippen LogP contribution in [0.25, 0.3) is 0 Å². The van der Waals surface area contributed by atoms with Gasteiger partial charge in [0.1, 0.15) is 5.75 Å². The average Bonchev–Trinajstić information content (AvgIpc) is 2.38. The molecule has 3 heteroatoms. The quantitative estimate of drug-likeness (QED) is 0.910. The molecule has 1 saturated carbocycles. The van der Waals surface area contributed by atoms with Crippen molar-refractivity contribution in [2.75, 3.05) is 19.1 Å². The molecule has 0 heterocycles. The Kier molecular flexibility index (Phi) is 4.35. The van der Waals surface area contributed by atoms with E-state index in [1.165, 1.54) is 36.1 Å². The number of hydrogen-bond donors (Lipinski definition) is 1. The molecule has 0 spiro atoms. The zero-order chi connectivity index (χ0) is 14.0. The first-order chi connectivity index (χ1) is 9.04. The molecule has 3 nitrogen and oxygen atoms in total. The lowest BCUT2D eigenvalue weighted by molar-refractivity contribution is 0.373. The van der Waals surface area contributed by atoms with Gasteiger partial charge in [-0.15, -0.1) is 0 Å². The van der Waals surface area contributed by atoms with Gasteiger partial charge in [-0.05, 0) is 49.9 Å². The molecule has 19 heavy (non-hydrogen) atoms. The zero-order valence-electron chi connectivity index (χ0n) is 12.6. The first kappa shape index (κ1) is 14.2. The summed E-state index contributed by atoms with van der Waals surface area (Å²) in [5.74, 6) is 0.991. The summed E-state index contributed by atoms with van der Waals surface area (Å²) in [5.41, 5.74) is 9.91. The topological polar surface area (TPSA) is 38.5 Å². The van der Waals surface area contributed by atoms with Gasteiger partial charge >= 0.3 is 0 Å². The van der Waals surface area contributed by atoms with E-state index in [0.717, 1.165) is 12.2 Å². The Morgan fingerprint density at radius 3 is 2.26 bits per heavy atom. The first-order valence-electron chi connectivity index (χ1n) is 7.18. The Hall–Kier alpha value is -1.22. The summed E-state index contributed by atoms with van der Waals surface area (Å²) in [7, 11) is 3.90. The Labute approximate surface area is 116 Å². The van der Waals surface area contributed by atoms with E-state index in [1.807, 2.05) is 0 Å². The van der Waals surface area contributed by atoms with E-state index in [4.69, 9.17) is 10.5 Å². The van der Waals surface area contributed by atoms with Crippen LogP contribution in [0.1, 0.15) is 36.8 Å². The molecule has 2 rings (SSSR count). The Morgan fingerprint density at radius 2 is 1.74 bits per heavy atom. The summed E-state index contributed by atoms with van der Waals surface area (Å²) in [6.07, 6.45) is 4.90. The third-order valence-electron chi connectivity index (χ3n) is 4.34. The van der Waals surface area contributed by atoms with Crippen molar-refractivity contribution in [3.8, 4) is 5.75 Å². The van der Waals surface area contributed by atoms with E-state index >= 15 is 0 Å². The molecule has 106 valence electrons. The maximum absolute atomic E-state index is 6.28. The van der Waals surface area contributed by atoms with E-state index in [2.05, 4.69) is 37.9 Å². The number of benzene rings is 1. The highest BCUT2D eigenvalue weighted by Crippen LogP contribution is 2.31. The van der Waals surface area contributed by atoms with Gasteiger partial charge in [0.2, 0.25) is 0 Å². The molecule has 1 fully saturated rings. The highest BCUT2D eigenvalue weighted by molar-refractivity contribution is 5.57. The average molecular weight is 262 g/mol. The van der Waals surface area contributed by atoms with Crippen molar-refractivity contribution in [2.45, 2.75) is 51.6 Å². The lowest BCUT2D eigenvalue weighted by Gasteiger charge is -2.37. The molecule has 1 aliphatic carbocycles. The number of likely N-dealkylation sites (N-methyl/N-ethyl adjacent to an activating group) is 1. The predicted molar refractivity (Wildman–Crippen MR) is 81.1 cm³/mol. The Balaban J connectivity index is 2.26. The number of methoxy groups -OCH3 is 1. The van der Waals surface area contributed by atoms with Gasteiger partial charge in [0, 0.05) is 24.8 Å². The van der Waals surface area contributed by atoms with Crippen molar-refractivity contribution in [3.05, 3.63) is 23.3 Å². The predicted octanol–water partition coefficient (Wildman–Crippen LogP) is 3.02. The van der Waals surface area contributed by atoms with E-state index < -0.39 is 0 Å². The first-order valence-corrected chi connectivity index (χ1v) is 7.18. The van der Waals surface area contributed by atoms with Crippen molar-refractivity contribution in [3.63, 3.8) is 0 Å². The Morgan fingerprint density at radius 1 is 1.16 bits per heavy atom. The van der Waals surface area contributed by atoms with Crippen molar-refractivity contribution < 1.29 is 4.74 Å². The second-order valence-electron chi connectivity index (χ2n) is 5.74. The molecule has 1 aliphatic rings. The highest BCUT2D eigenvalue weighted by Gasteiger charge is 2.26. The molecule has 0 aliphatic heterocycles. The van der Waals surface area contributed by atoms with Gasteiger partial charge in [0.05, 0.1) is 7.11 Å². The third kappa shape index (κ3) is 2.86. The van der Waals surface area contributed by atoms with Crippen LogP contribution in [-0.4, -0.2) is 26.2 Å². The van der Waals surface area contributed by atoms with Crippen LogP contribution >= 0.6 is 0 Å². The van der Waals surface area contributed by atoms with Gasteiger partial charge in [0.25, 0.3) is 0 Å².